The third-order valence-corrected chi connectivity index (χ3v) is 23.8. The number of hydrogen-bond donors (Lipinski definition) is 2. The van der Waals surface area contributed by atoms with Gasteiger partial charge >= 0.3 is 79.6 Å². The second-order valence-electron chi connectivity index (χ2n) is 32.9. The van der Waals surface area contributed by atoms with E-state index >= 15 is 0 Å². The Hall–Kier alpha value is -11.1. The number of nitrogens with zero attached hydrogens (tertiary/aromatic N) is 14. The molecule has 8 heterocycles. The van der Waals surface area contributed by atoms with E-state index in [1.54, 1.807) is 144 Å². The van der Waals surface area contributed by atoms with Gasteiger partial charge in [0.1, 0.15) is 50.7 Å². The lowest BCUT2D eigenvalue weighted by Gasteiger charge is -2.22. The van der Waals surface area contributed by atoms with Crippen LogP contribution in [-0.4, -0.2) is 294 Å². The minimum Gasteiger partial charge on any atom is -0.432 e. The summed E-state index contributed by atoms with van der Waals surface area (Å²) in [6, 6.07) is 11.2. The molecule has 0 amide bonds. The van der Waals surface area contributed by atoms with Crippen LogP contribution in [0.5, 0.6) is 0 Å². The predicted octanol–water partition coefficient (Wildman–Crippen LogP) is 14.1. The Morgan fingerprint density at radius 2 is 0.611 bits per heavy atom. The lowest BCUT2D eigenvalue weighted by Crippen LogP contribution is -2.24. The molecule has 3 atom stereocenters. The summed E-state index contributed by atoms with van der Waals surface area (Å²) in [4.78, 5) is 109. The zero-order chi connectivity index (χ0) is 106. The molecule has 0 spiro atoms. The van der Waals surface area contributed by atoms with Gasteiger partial charge in [0, 0.05) is 49.4 Å². The van der Waals surface area contributed by atoms with Gasteiger partial charge in [-0.1, -0.05) is 0 Å². The molecule has 60 heteroatoms. The van der Waals surface area contributed by atoms with E-state index in [2.05, 4.69) is 50.5 Å². The fourth-order valence-electron chi connectivity index (χ4n) is 11.3. The molecule has 8 aromatic heterocycles. The maximum Gasteiger partial charge on any atom is 0.510 e. The molecular formula is C84H128N14O42P4. The summed E-state index contributed by atoms with van der Waals surface area (Å²) in [7, 11) is -16.3. The van der Waals surface area contributed by atoms with Crippen LogP contribution in [0.25, 0.3) is 22.2 Å². The SMILES string of the molecule is Cc1ncnn2c(CC(C)OCP(=O)(OCOC(=O)OC(C)C)OCOC(=O)OC(C)C)nnc12.Cc1ncnn2c(CC(CCO)OCP(=O)(OCOC(=O)OC(C)C)OCOC(=O)OC(C)C)ccc12.Cc1ncnn2c(CC(CO)OCP(=O)(OCOC(=O)OC(C)C)OCOC(=O)OC(C)C)ccc12.Cc1ncnn2c(CC3(OCP(=O)(OCOC(=O)OC(C)C)OCOC(=O)OC(C)C)CC3)ccc12. The van der Waals surface area contributed by atoms with Gasteiger partial charge in [-0.25, -0.2) is 71.8 Å². The monoisotopic (exact) mass is 2130 g/mol. The Bertz CT molecular complexity index is 5430. The standard InChI is InChI=1S/C22H34N3O11P.C22H32N3O10P.C21H32N3O11P.C19H30N5O10P/c1-15(2)35-21(27)30-12-33-37(29,34-13-31-22(28)36-16(3)4)14-32-19(8-9-26)10-18-6-7-20-17(5)23-11-24-25(18)20;1-15(2)34-20(26)29-12-32-36(28,33-13-30-21(27)35-16(3)4)14-31-22(8-9-22)10-18-6-7-19-17(5)23-11-24-25(18)19;1-14(2)34-20(26)29-11-32-36(28,33-12-30-21(27)35-15(3)4)13-31-18(9-25)8-17-6-7-19-16(5)22-10-23-24(17)19;1-12(2)33-18(25)28-9-31-35(27,32-10-29-19(26)34-13(3)4)11-30-14(5)7-16-22-23-17-15(6)20-8-21-24(16)17/h6-7,11,15-16,19,26H,8-10,12-14H2,1-5H3;6-7,11,15-16H,8-10,12-14H2,1-5H3;6-7,10,14-15,18,25H,8-9,11-13H2,1-5H3;8,12-14H,7,9-11H2,1-6H3. The Morgan fingerprint density at radius 3 is 0.910 bits per heavy atom. The molecular weight excluding hydrogens is 2000 g/mol. The van der Waals surface area contributed by atoms with Gasteiger partial charge in [0.25, 0.3) is 0 Å². The minimum atomic E-state index is -4.14. The van der Waals surface area contributed by atoms with E-state index in [0.29, 0.717) is 35.7 Å². The lowest BCUT2D eigenvalue weighted by atomic mass is 10.1. The van der Waals surface area contributed by atoms with Gasteiger partial charge in [-0.15, -0.1) is 10.2 Å². The molecule has 144 heavy (non-hydrogen) atoms. The van der Waals surface area contributed by atoms with Crippen molar-refractivity contribution in [3.63, 3.8) is 0 Å². The smallest absolute Gasteiger partial charge is 0.432 e. The van der Waals surface area contributed by atoms with Gasteiger partial charge in [-0.05, 0) is 201 Å². The van der Waals surface area contributed by atoms with Crippen LogP contribution in [0.3, 0.4) is 0 Å². The fourth-order valence-corrected chi connectivity index (χ4v) is 15.6. The minimum absolute atomic E-state index is 0.200. The van der Waals surface area contributed by atoms with E-state index in [1.165, 1.54) is 29.8 Å². The first-order valence-corrected chi connectivity index (χ1v) is 51.7. The van der Waals surface area contributed by atoms with E-state index < -0.39 is 239 Å². The van der Waals surface area contributed by atoms with Crippen LogP contribution in [0, 0.1) is 27.7 Å². The summed E-state index contributed by atoms with van der Waals surface area (Å²) in [6.45, 7) is 28.5. The first-order chi connectivity index (χ1) is 68.0. The molecule has 1 aliphatic rings. The van der Waals surface area contributed by atoms with Gasteiger partial charge in [0.2, 0.25) is 54.3 Å². The number of aliphatic hydroxyl groups is 2. The van der Waals surface area contributed by atoms with Crippen LogP contribution in [-0.2, 0) is 175 Å². The van der Waals surface area contributed by atoms with Gasteiger partial charge in [0.15, 0.2) is 11.5 Å². The largest absolute Gasteiger partial charge is 0.510 e. The molecule has 2 N–H and O–H groups in total. The van der Waals surface area contributed by atoms with Crippen LogP contribution in [0.2, 0.25) is 0 Å². The molecule has 0 aliphatic heterocycles. The molecule has 1 fully saturated rings. The van der Waals surface area contributed by atoms with Crippen molar-refractivity contribution in [2.24, 2.45) is 0 Å². The highest BCUT2D eigenvalue weighted by Crippen LogP contribution is 2.54. The molecule has 8 aromatic rings. The van der Waals surface area contributed by atoms with Crippen molar-refractivity contribution in [3.05, 3.63) is 107 Å². The molecule has 806 valence electrons. The van der Waals surface area contributed by atoms with Crippen LogP contribution < -0.4 is 0 Å². The maximum absolute atomic E-state index is 13.3. The van der Waals surface area contributed by atoms with Crippen LogP contribution in [0.1, 0.15) is 183 Å². The Kier molecular flexibility index (Phi) is 51.2. The molecule has 0 bridgehead atoms. The number of carbonyl (C=O) groups excluding carboxylic acids is 8. The molecule has 0 aromatic carbocycles. The number of fused-ring (bicyclic) bond motifs is 4. The topological polar surface area (TPSA) is 650 Å². The molecule has 9 rings (SSSR count). The Morgan fingerprint density at radius 1 is 0.340 bits per heavy atom. The van der Waals surface area contributed by atoms with E-state index in [0.717, 1.165) is 57.9 Å². The van der Waals surface area contributed by atoms with Crippen molar-refractivity contribution in [2.45, 2.75) is 263 Å². The Balaban J connectivity index is 0.000000294. The number of hydrogen-bond acceptors (Lipinski definition) is 52. The van der Waals surface area contributed by atoms with Gasteiger partial charge in [-0.3, -0.25) is 54.5 Å². The molecule has 56 nitrogen and oxygen atoms in total. The highest BCUT2D eigenvalue weighted by Gasteiger charge is 2.47. The fraction of sp³-hybridized carbons (Fsp3) is 0.643. The summed E-state index contributed by atoms with van der Waals surface area (Å²) in [6.07, 6.45) is -7.18. The maximum atomic E-state index is 13.3. The summed E-state index contributed by atoms with van der Waals surface area (Å²) in [5.41, 5.74) is 7.86. The van der Waals surface area contributed by atoms with Crippen LogP contribution in [0.4, 0.5) is 38.4 Å². The first kappa shape index (κ1) is 122. The number of carbonyl (C=O) groups is 8. The number of rotatable bonds is 55. The number of aromatic nitrogens is 14. The quantitative estimate of drug-likeness (QED) is 0.0155. The highest BCUT2D eigenvalue weighted by molar-refractivity contribution is 7.54. The van der Waals surface area contributed by atoms with Crippen molar-refractivity contribution in [2.75, 3.05) is 92.9 Å². The van der Waals surface area contributed by atoms with Crippen LogP contribution in [0.15, 0.2) is 61.7 Å². The summed E-state index contributed by atoms with van der Waals surface area (Å²) in [5, 5.41) is 44.3. The zero-order valence-corrected chi connectivity index (χ0v) is 87.3. The highest BCUT2D eigenvalue weighted by atomic mass is 31.2. The molecule has 0 radical (unpaired) electrons. The van der Waals surface area contributed by atoms with E-state index in [9.17, 15) is 66.8 Å². The van der Waals surface area contributed by atoms with Crippen molar-refractivity contribution in [1.29, 1.82) is 0 Å². The van der Waals surface area contributed by atoms with Gasteiger partial charge in [0.05, 0.1) is 119 Å². The first-order valence-electron chi connectivity index (χ1n) is 44.8. The Labute approximate surface area is 828 Å². The average molecular weight is 2130 g/mol. The van der Waals surface area contributed by atoms with Crippen molar-refractivity contribution in [1.82, 2.24) is 68.6 Å². The molecule has 3 unspecified atom stereocenters. The molecule has 1 aliphatic carbocycles. The molecule has 0 saturated heterocycles. The second-order valence-corrected chi connectivity index (χ2v) is 40.9. The number of aryl methyl sites for hydroxylation is 4. The number of aliphatic hydroxyl groups excluding tert-OH is 2. The second kappa shape index (κ2) is 60.7. The van der Waals surface area contributed by atoms with Crippen molar-refractivity contribution >= 4 is 102 Å². The van der Waals surface area contributed by atoms with Crippen LogP contribution >= 0.6 is 30.4 Å². The third kappa shape index (κ3) is 45.2. The predicted molar refractivity (Wildman–Crippen MR) is 493 cm³/mol. The van der Waals surface area contributed by atoms with E-state index in [-0.39, 0.29) is 25.9 Å². The van der Waals surface area contributed by atoms with E-state index in [4.69, 9.17) is 131 Å². The number of ether oxygens (including phenoxy) is 20. The summed E-state index contributed by atoms with van der Waals surface area (Å²) < 4.78 is 200. The normalized spacial score (nSPS) is 13.2. The summed E-state index contributed by atoms with van der Waals surface area (Å²) in [5.74, 6) is 0.495. The zero-order valence-electron chi connectivity index (χ0n) is 83.7. The molecule has 1 saturated carbocycles. The average Bonchev–Trinajstić information content (AvgIpc) is 1.62. The third-order valence-electron chi connectivity index (χ3n) is 18.0. The van der Waals surface area contributed by atoms with E-state index in [1.807, 2.05) is 51.1 Å². The van der Waals surface area contributed by atoms with Gasteiger partial charge in [-0.2, -0.15) is 24.9 Å². The van der Waals surface area contributed by atoms with Crippen molar-refractivity contribution in [3.8, 4) is 0 Å². The summed E-state index contributed by atoms with van der Waals surface area (Å²) >= 11 is 0. The lowest BCUT2D eigenvalue weighted by molar-refractivity contribution is -0.0410. The van der Waals surface area contributed by atoms with Crippen molar-refractivity contribution < 1.29 is 198 Å². The van der Waals surface area contributed by atoms with Gasteiger partial charge < -0.3 is 105 Å².